The van der Waals surface area contributed by atoms with Crippen molar-refractivity contribution in [3.63, 3.8) is 0 Å². The molecule has 98 valence electrons. The van der Waals surface area contributed by atoms with E-state index in [-0.39, 0.29) is 6.04 Å². The van der Waals surface area contributed by atoms with E-state index in [1.54, 1.807) is 0 Å². The quantitative estimate of drug-likeness (QED) is 0.803. The molecule has 0 radical (unpaired) electrons. The number of benzene rings is 1. The third-order valence-corrected chi connectivity index (χ3v) is 2.55. The van der Waals surface area contributed by atoms with Crippen molar-refractivity contribution >= 4 is 0 Å². The van der Waals surface area contributed by atoms with Crippen molar-refractivity contribution in [2.45, 2.75) is 33.2 Å². The van der Waals surface area contributed by atoms with Crippen LogP contribution in [-0.2, 0) is 0 Å². The summed E-state index contributed by atoms with van der Waals surface area (Å²) in [7, 11) is 0. The molecule has 1 atom stereocenters. The molecule has 0 heterocycles. The number of nitriles is 1. The predicted molar refractivity (Wildman–Crippen MR) is 73.4 cm³/mol. The van der Waals surface area contributed by atoms with Gasteiger partial charge in [0.1, 0.15) is 11.8 Å². The van der Waals surface area contributed by atoms with Gasteiger partial charge >= 0.3 is 0 Å². The van der Waals surface area contributed by atoms with Crippen LogP contribution in [0.3, 0.4) is 0 Å². The minimum atomic E-state index is -0.243. The van der Waals surface area contributed by atoms with E-state index in [1.807, 2.05) is 24.3 Å². The Bertz CT molecular complexity index is 378. The molecule has 0 amide bonds. The van der Waals surface area contributed by atoms with E-state index in [0.717, 1.165) is 30.9 Å². The second-order valence-corrected chi connectivity index (χ2v) is 4.78. The molecule has 0 aliphatic carbocycles. The molecule has 3 heteroatoms. The normalized spacial score (nSPS) is 12.2. The van der Waals surface area contributed by atoms with Gasteiger partial charge in [0.25, 0.3) is 0 Å². The molecule has 0 saturated carbocycles. The zero-order valence-corrected chi connectivity index (χ0v) is 11.4. The predicted octanol–water partition coefficient (Wildman–Crippen LogP) is 3.29. The van der Waals surface area contributed by atoms with Crippen LogP contribution in [0.1, 0.15) is 38.8 Å². The zero-order valence-electron chi connectivity index (χ0n) is 11.4. The zero-order chi connectivity index (χ0) is 13.4. The van der Waals surface area contributed by atoms with Gasteiger partial charge in [-0.1, -0.05) is 32.9 Å². The third-order valence-electron chi connectivity index (χ3n) is 2.55. The van der Waals surface area contributed by atoms with Gasteiger partial charge in [-0.2, -0.15) is 5.26 Å². The lowest BCUT2D eigenvalue weighted by Gasteiger charge is -2.14. The summed E-state index contributed by atoms with van der Waals surface area (Å²) in [5.74, 6) is 1.40. The molecule has 0 aliphatic heterocycles. The Morgan fingerprint density at radius 3 is 2.44 bits per heavy atom. The van der Waals surface area contributed by atoms with E-state index in [4.69, 9.17) is 10.00 Å². The maximum atomic E-state index is 9.16. The maximum Gasteiger partial charge on any atom is 0.121 e. The van der Waals surface area contributed by atoms with Crippen LogP contribution < -0.4 is 10.1 Å². The van der Waals surface area contributed by atoms with Gasteiger partial charge in [0, 0.05) is 0 Å². The average Bonchev–Trinajstić information content (AvgIpc) is 2.38. The second-order valence-electron chi connectivity index (χ2n) is 4.78. The van der Waals surface area contributed by atoms with Crippen LogP contribution in [0, 0.1) is 17.2 Å². The molecule has 1 aromatic rings. The van der Waals surface area contributed by atoms with Crippen LogP contribution in [0.25, 0.3) is 0 Å². The van der Waals surface area contributed by atoms with Gasteiger partial charge in [0.05, 0.1) is 12.7 Å². The first-order valence-electron chi connectivity index (χ1n) is 6.53. The first kappa shape index (κ1) is 14.5. The van der Waals surface area contributed by atoms with Gasteiger partial charge in [-0.25, -0.2) is 0 Å². The molecule has 0 aromatic heterocycles. The second kappa shape index (κ2) is 7.73. The Kier molecular flexibility index (Phi) is 6.24. The van der Waals surface area contributed by atoms with Crippen molar-refractivity contribution in [1.82, 2.24) is 5.32 Å². The minimum absolute atomic E-state index is 0.243. The van der Waals surface area contributed by atoms with Crippen molar-refractivity contribution < 1.29 is 4.74 Å². The molecule has 18 heavy (non-hydrogen) atoms. The summed E-state index contributed by atoms with van der Waals surface area (Å²) in [6, 6.07) is 9.79. The lowest BCUT2D eigenvalue weighted by molar-refractivity contribution is 0.317. The summed E-state index contributed by atoms with van der Waals surface area (Å²) >= 11 is 0. The molecule has 0 aliphatic rings. The van der Waals surface area contributed by atoms with Crippen LogP contribution >= 0.6 is 0 Å². The van der Waals surface area contributed by atoms with E-state index in [0.29, 0.717) is 5.92 Å². The smallest absolute Gasteiger partial charge is 0.121 e. The fourth-order valence-electron chi connectivity index (χ4n) is 1.57. The molecule has 1 rings (SSSR count). The molecular formula is C15H22N2O. The van der Waals surface area contributed by atoms with Gasteiger partial charge in [0.15, 0.2) is 0 Å². The first-order valence-corrected chi connectivity index (χ1v) is 6.53. The van der Waals surface area contributed by atoms with Gasteiger partial charge in [-0.15, -0.1) is 0 Å². The Labute approximate surface area is 110 Å². The lowest BCUT2D eigenvalue weighted by atomic mass is 10.1. The highest BCUT2D eigenvalue weighted by Crippen LogP contribution is 2.17. The summed E-state index contributed by atoms with van der Waals surface area (Å²) in [5, 5.41) is 12.4. The van der Waals surface area contributed by atoms with Crippen LogP contribution in [0.5, 0.6) is 5.75 Å². The molecule has 0 spiro atoms. The van der Waals surface area contributed by atoms with Gasteiger partial charge in [-0.3, -0.25) is 5.32 Å². The maximum absolute atomic E-state index is 9.16. The Balaban J connectivity index is 2.61. The third kappa shape index (κ3) is 4.77. The van der Waals surface area contributed by atoms with E-state index >= 15 is 0 Å². The Morgan fingerprint density at radius 2 is 1.94 bits per heavy atom. The summed E-state index contributed by atoms with van der Waals surface area (Å²) in [5.41, 5.74) is 0.988. The van der Waals surface area contributed by atoms with E-state index in [2.05, 4.69) is 32.2 Å². The van der Waals surface area contributed by atoms with Crippen molar-refractivity contribution in [2.24, 2.45) is 5.92 Å². The molecule has 0 saturated heterocycles. The lowest BCUT2D eigenvalue weighted by Crippen LogP contribution is -2.24. The highest BCUT2D eigenvalue weighted by molar-refractivity contribution is 5.31. The van der Waals surface area contributed by atoms with E-state index in [9.17, 15) is 0 Å². The summed E-state index contributed by atoms with van der Waals surface area (Å²) < 4.78 is 5.52. The topological polar surface area (TPSA) is 45.0 Å². The number of hydrogen-bond donors (Lipinski definition) is 1. The summed E-state index contributed by atoms with van der Waals surface area (Å²) in [6.07, 6.45) is 0.999. The van der Waals surface area contributed by atoms with Crippen molar-refractivity contribution in [2.75, 3.05) is 13.2 Å². The number of nitrogens with one attached hydrogen (secondary N) is 1. The Morgan fingerprint density at radius 1 is 1.28 bits per heavy atom. The summed E-state index contributed by atoms with van der Waals surface area (Å²) in [6.45, 7) is 7.90. The van der Waals surface area contributed by atoms with Crippen LogP contribution in [0.4, 0.5) is 0 Å². The number of rotatable bonds is 7. The fourth-order valence-corrected chi connectivity index (χ4v) is 1.57. The molecule has 1 N–H and O–H groups in total. The largest absolute Gasteiger partial charge is 0.494 e. The highest BCUT2D eigenvalue weighted by atomic mass is 16.5. The molecule has 0 bridgehead atoms. The standard InChI is InChI=1S/C15H22N2O/c1-4-9-18-14-7-5-13(6-8-14)15(10-16)17-11-12(2)3/h5-8,12,15,17H,4,9,11H2,1-3H3. The molecule has 1 unspecified atom stereocenters. The van der Waals surface area contributed by atoms with Crippen molar-refractivity contribution in [3.8, 4) is 11.8 Å². The molecule has 3 nitrogen and oxygen atoms in total. The highest BCUT2D eigenvalue weighted by Gasteiger charge is 2.10. The van der Waals surface area contributed by atoms with Crippen LogP contribution in [-0.4, -0.2) is 13.2 Å². The SMILES string of the molecule is CCCOc1ccc(C(C#N)NCC(C)C)cc1. The van der Waals surface area contributed by atoms with Gasteiger partial charge in [0.2, 0.25) is 0 Å². The molecule has 0 fully saturated rings. The molecular weight excluding hydrogens is 224 g/mol. The number of ether oxygens (including phenoxy) is 1. The number of nitrogens with zero attached hydrogens (tertiary/aromatic N) is 1. The fraction of sp³-hybridized carbons (Fsp3) is 0.533. The van der Waals surface area contributed by atoms with E-state index in [1.165, 1.54) is 0 Å². The average molecular weight is 246 g/mol. The minimum Gasteiger partial charge on any atom is -0.494 e. The van der Waals surface area contributed by atoms with Gasteiger partial charge < -0.3 is 4.74 Å². The molecule has 1 aromatic carbocycles. The van der Waals surface area contributed by atoms with Crippen molar-refractivity contribution in [3.05, 3.63) is 29.8 Å². The van der Waals surface area contributed by atoms with Gasteiger partial charge in [-0.05, 0) is 36.6 Å². The Hall–Kier alpha value is -1.53. The van der Waals surface area contributed by atoms with Crippen LogP contribution in [0.2, 0.25) is 0 Å². The van der Waals surface area contributed by atoms with Crippen molar-refractivity contribution in [1.29, 1.82) is 5.26 Å². The number of hydrogen-bond acceptors (Lipinski definition) is 3. The van der Waals surface area contributed by atoms with E-state index < -0.39 is 0 Å². The monoisotopic (exact) mass is 246 g/mol. The van der Waals surface area contributed by atoms with Crippen LogP contribution in [0.15, 0.2) is 24.3 Å². The summed E-state index contributed by atoms with van der Waals surface area (Å²) in [4.78, 5) is 0. The first-order chi connectivity index (χ1) is 8.67.